The lowest BCUT2D eigenvalue weighted by molar-refractivity contribution is -0.131. The molecule has 0 bridgehead atoms. The first-order chi connectivity index (χ1) is 10.1. The Kier molecular flexibility index (Phi) is 4.56. The lowest BCUT2D eigenvalue weighted by Gasteiger charge is -2.20. The molecule has 2 rings (SSSR count). The van der Waals surface area contributed by atoms with Crippen molar-refractivity contribution in [2.24, 2.45) is 0 Å². The van der Waals surface area contributed by atoms with Crippen LogP contribution in [0.5, 0.6) is 5.75 Å². The fraction of sp³-hybridized carbons (Fsp3) is 0.125. The molecule has 0 spiro atoms. The molecule has 2 aromatic rings. The normalized spacial score (nSPS) is 10.6. The van der Waals surface area contributed by atoms with Gasteiger partial charge in [-0.15, -0.1) is 0 Å². The highest BCUT2D eigenvalue weighted by Crippen LogP contribution is 2.27. The van der Waals surface area contributed by atoms with Crippen LogP contribution in [0.15, 0.2) is 48.7 Å². The third kappa shape index (κ3) is 3.60. The van der Waals surface area contributed by atoms with E-state index >= 15 is 0 Å². The molecule has 5 heteroatoms. The Morgan fingerprint density at radius 1 is 1.29 bits per heavy atom. The van der Waals surface area contributed by atoms with Crippen molar-refractivity contribution in [1.82, 2.24) is 4.98 Å². The van der Waals surface area contributed by atoms with Gasteiger partial charge < -0.3 is 14.7 Å². The maximum absolute atomic E-state index is 10.7. The van der Waals surface area contributed by atoms with Gasteiger partial charge in [0.05, 0.1) is 7.11 Å². The van der Waals surface area contributed by atoms with Gasteiger partial charge in [0, 0.05) is 30.6 Å². The monoisotopic (exact) mass is 284 g/mol. The number of hydrogen-bond acceptors (Lipinski definition) is 4. The number of aromatic nitrogens is 1. The van der Waals surface area contributed by atoms with Gasteiger partial charge in [-0.2, -0.15) is 0 Å². The molecule has 1 N–H and O–H groups in total. The molecule has 0 saturated carbocycles. The summed E-state index contributed by atoms with van der Waals surface area (Å²) in [6.45, 7) is 0. The van der Waals surface area contributed by atoms with Gasteiger partial charge in [-0.3, -0.25) is 0 Å². The molecule has 0 unspecified atom stereocenters. The number of pyridine rings is 1. The fourth-order valence-electron chi connectivity index (χ4n) is 1.91. The third-order valence-corrected chi connectivity index (χ3v) is 3.00. The highest BCUT2D eigenvalue weighted by molar-refractivity contribution is 5.87. The van der Waals surface area contributed by atoms with E-state index < -0.39 is 5.97 Å². The van der Waals surface area contributed by atoms with Crippen LogP contribution < -0.4 is 9.64 Å². The number of carboxylic acids is 1. The summed E-state index contributed by atoms with van der Waals surface area (Å²) in [7, 11) is 3.49. The Hall–Kier alpha value is -2.82. The number of carboxylic acid groups (broad SMARTS) is 1. The lowest BCUT2D eigenvalue weighted by atomic mass is 10.2. The average Bonchev–Trinajstić information content (AvgIpc) is 2.52. The first kappa shape index (κ1) is 14.6. The van der Waals surface area contributed by atoms with Gasteiger partial charge in [-0.05, 0) is 42.5 Å². The van der Waals surface area contributed by atoms with Gasteiger partial charge in [-0.25, -0.2) is 9.78 Å². The van der Waals surface area contributed by atoms with Crippen molar-refractivity contribution in [2.75, 3.05) is 19.1 Å². The van der Waals surface area contributed by atoms with Gasteiger partial charge >= 0.3 is 5.97 Å². The molecule has 0 aliphatic carbocycles. The summed E-state index contributed by atoms with van der Waals surface area (Å²) in [5.74, 6) is 0.469. The third-order valence-electron chi connectivity index (χ3n) is 3.00. The van der Waals surface area contributed by atoms with E-state index in [1.807, 2.05) is 42.3 Å². The molecule has 1 aromatic carbocycles. The Bertz CT molecular complexity index is 651. The molecule has 0 radical (unpaired) electrons. The number of aliphatic carboxylic acids is 1. The summed E-state index contributed by atoms with van der Waals surface area (Å²) < 4.78 is 5.13. The van der Waals surface area contributed by atoms with E-state index in [2.05, 4.69) is 4.98 Å². The molecule has 0 amide bonds. The molecule has 1 aromatic heterocycles. The molecule has 0 aliphatic rings. The Morgan fingerprint density at radius 2 is 2.00 bits per heavy atom. The van der Waals surface area contributed by atoms with E-state index in [1.165, 1.54) is 6.08 Å². The Morgan fingerprint density at radius 3 is 2.62 bits per heavy atom. The largest absolute Gasteiger partial charge is 0.497 e. The molecule has 0 saturated heterocycles. The lowest BCUT2D eigenvalue weighted by Crippen LogP contribution is -2.12. The van der Waals surface area contributed by atoms with Gasteiger partial charge in [0.1, 0.15) is 11.6 Å². The zero-order valence-corrected chi connectivity index (χ0v) is 11.9. The van der Waals surface area contributed by atoms with E-state index in [1.54, 1.807) is 19.4 Å². The predicted octanol–water partition coefficient (Wildman–Crippen LogP) is 2.96. The maximum Gasteiger partial charge on any atom is 0.328 e. The van der Waals surface area contributed by atoms with Crippen molar-refractivity contribution in [3.63, 3.8) is 0 Å². The second-order valence-electron chi connectivity index (χ2n) is 4.34. The molecule has 21 heavy (non-hydrogen) atoms. The van der Waals surface area contributed by atoms with E-state index in [0.29, 0.717) is 5.82 Å². The summed E-state index contributed by atoms with van der Waals surface area (Å²) >= 11 is 0. The molecule has 0 fully saturated rings. The second-order valence-corrected chi connectivity index (χ2v) is 4.34. The van der Waals surface area contributed by atoms with Crippen molar-refractivity contribution < 1.29 is 14.6 Å². The highest BCUT2D eigenvalue weighted by atomic mass is 16.5. The van der Waals surface area contributed by atoms with Crippen LogP contribution >= 0.6 is 0 Å². The standard InChI is InChI=1S/C16H16N2O3/c1-18(13-6-8-14(21-2)9-7-13)16-12(4-3-11-17-16)5-10-15(19)20/h3-11H,1-2H3,(H,19,20)/b10-5+. The summed E-state index contributed by atoms with van der Waals surface area (Å²) in [6, 6.07) is 11.1. The first-order valence-electron chi connectivity index (χ1n) is 6.35. The minimum Gasteiger partial charge on any atom is -0.497 e. The quantitative estimate of drug-likeness (QED) is 0.855. The minimum absolute atomic E-state index is 0.681. The van der Waals surface area contributed by atoms with E-state index in [-0.39, 0.29) is 0 Å². The summed E-state index contributed by atoms with van der Waals surface area (Å²) in [5.41, 5.74) is 1.66. The van der Waals surface area contributed by atoms with Crippen molar-refractivity contribution in [1.29, 1.82) is 0 Å². The van der Waals surface area contributed by atoms with E-state index in [4.69, 9.17) is 9.84 Å². The zero-order chi connectivity index (χ0) is 15.2. The van der Waals surface area contributed by atoms with Gasteiger partial charge in [0.15, 0.2) is 0 Å². The van der Waals surface area contributed by atoms with Crippen LogP contribution in [-0.2, 0) is 4.79 Å². The summed E-state index contributed by atoms with van der Waals surface area (Å²) in [4.78, 5) is 16.9. The average molecular weight is 284 g/mol. The van der Waals surface area contributed by atoms with E-state index in [9.17, 15) is 4.79 Å². The van der Waals surface area contributed by atoms with Crippen LogP contribution in [0.4, 0.5) is 11.5 Å². The van der Waals surface area contributed by atoms with Crippen molar-refractivity contribution in [2.45, 2.75) is 0 Å². The Labute approximate surface area is 123 Å². The Balaban J connectivity index is 2.33. The summed E-state index contributed by atoms with van der Waals surface area (Å²) in [5, 5.41) is 8.74. The second kappa shape index (κ2) is 6.56. The smallest absolute Gasteiger partial charge is 0.328 e. The minimum atomic E-state index is -0.989. The van der Waals surface area contributed by atoms with Crippen LogP contribution in [0.2, 0.25) is 0 Å². The number of anilines is 2. The number of hydrogen-bond donors (Lipinski definition) is 1. The number of ether oxygens (including phenoxy) is 1. The molecule has 0 atom stereocenters. The first-order valence-corrected chi connectivity index (χ1v) is 6.35. The van der Waals surface area contributed by atoms with Gasteiger partial charge in [-0.1, -0.05) is 0 Å². The van der Waals surface area contributed by atoms with Crippen molar-refractivity contribution in [3.8, 4) is 5.75 Å². The number of carbonyl (C=O) groups is 1. The molecule has 0 aliphatic heterocycles. The van der Waals surface area contributed by atoms with Crippen LogP contribution in [0.25, 0.3) is 6.08 Å². The molecular weight excluding hydrogens is 268 g/mol. The van der Waals surface area contributed by atoms with Gasteiger partial charge in [0.2, 0.25) is 0 Å². The molecule has 1 heterocycles. The topological polar surface area (TPSA) is 62.7 Å². The molecular formula is C16H16N2O3. The van der Waals surface area contributed by atoms with Crippen LogP contribution in [0, 0.1) is 0 Å². The van der Waals surface area contributed by atoms with Crippen LogP contribution in [0.1, 0.15) is 5.56 Å². The van der Waals surface area contributed by atoms with E-state index in [0.717, 1.165) is 23.1 Å². The maximum atomic E-state index is 10.7. The van der Waals surface area contributed by atoms with Crippen molar-refractivity contribution in [3.05, 3.63) is 54.2 Å². The number of rotatable bonds is 5. The number of methoxy groups -OCH3 is 1. The summed E-state index contributed by atoms with van der Waals surface area (Å²) in [6.07, 6.45) is 4.31. The van der Waals surface area contributed by atoms with Gasteiger partial charge in [0.25, 0.3) is 0 Å². The molecule has 5 nitrogen and oxygen atoms in total. The predicted molar refractivity (Wildman–Crippen MR) is 82.0 cm³/mol. The van der Waals surface area contributed by atoms with Crippen LogP contribution in [0.3, 0.4) is 0 Å². The number of benzene rings is 1. The molecule has 108 valence electrons. The SMILES string of the molecule is COc1ccc(N(C)c2ncccc2/C=C/C(=O)O)cc1. The fourth-order valence-corrected chi connectivity index (χ4v) is 1.91. The van der Waals surface area contributed by atoms with Crippen LogP contribution in [-0.4, -0.2) is 30.2 Å². The van der Waals surface area contributed by atoms with Crippen molar-refractivity contribution >= 4 is 23.6 Å². The highest BCUT2D eigenvalue weighted by Gasteiger charge is 2.09. The zero-order valence-electron chi connectivity index (χ0n) is 11.9. The number of nitrogens with zero attached hydrogens (tertiary/aromatic N) is 2.